The summed E-state index contributed by atoms with van der Waals surface area (Å²) in [6, 6.07) is 22.9. The molecule has 3 heteroatoms. The fourth-order valence-electron chi connectivity index (χ4n) is 2.19. The highest BCUT2D eigenvalue weighted by Gasteiger charge is 2.02. The van der Waals surface area contributed by atoms with Gasteiger partial charge in [0, 0.05) is 17.3 Å². The lowest BCUT2D eigenvalue weighted by Crippen LogP contribution is -1.86. The van der Waals surface area contributed by atoms with E-state index in [1.807, 2.05) is 42.6 Å². The van der Waals surface area contributed by atoms with Gasteiger partial charge < -0.3 is 0 Å². The van der Waals surface area contributed by atoms with Crippen LogP contribution in [0.15, 0.2) is 66.9 Å². The predicted octanol–water partition coefficient (Wildman–Crippen LogP) is 4.16. The quantitative estimate of drug-likeness (QED) is 0.708. The lowest BCUT2D eigenvalue weighted by atomic mass is 10.0. The molecule has 0 bridgehead atoms. The van der Waals surface area contributed by atoms with Crippen molar-refractivity contribution in [2.75, 3.05) is 0 Å². The van der Waals surface area contributed by atoms with Crippen LogP contribution in [0.25, 0.3) is 22.4 Å². The van der Waals surface area contributed by atoms with Gasteiger partial charge in [-0.3, -0.25) is 4.98 Å². The van der Waals surface area contributed by atoms with Gasteiger partial charge in [0.2, 0.25) is 0 Å². The van der Waals surface area contributed by atoms with Crippen LogP contribution in [0.5, 0.6) is 0 Å². The van der Waals surface area contributed by atoms with Gasteiger partial charge in [-0.05, 0) is 35.9 Å². The van der Waals surface area contributed by atoms with Crippen LogP contribution in [0.3, 0.4) is 0 Å². The second-order valence-electron chi connectivity index (χ2n) is 4.81. The first kappa shape index (κ1) is 13.5. The Morgan fingerprint density at radius 1 is 0.591 bits per heavy atom. The number of hydrogen-bond donors (Lipinski definition) is 0. The Balaban J connectivity index is 1.88. The first-order chi connectivity index (χ1) is 10.8. The van der Waals surface area contributed by atoms with Gasteiger partial charge in [0.15, 0.2) is 0 Å². The molecule has 0 N–H and O–H groups in total. The molecule has 0 aliphatic carbocycles. The Morgan fingerprint density at radius 2 is 1.09 bits per heavy atom. The van der Waals surface area contributed by atoms with E-state index in [-0.39, 0.29) is 0 Å². The number of hydrogen-bond acceptors (Lipinski definition) is 3. The van der Waals surface area contributed by atoms with E-state index < -0.39 is 0 Å². The van der Waals surface area contributed by atoms with Crippen molar-refractivity contribution < 1.29 is 0 Å². The third-order valence-electron chi connectivity index (χ3n) is 3.42. The minimum Gasteiger partial charge on any atom is -0.256 e. The monoisotopic (exact) mass is 281 g/mol. The second-order valence-corrected chi connectivity index (χ2v) is 4.81. The summed E-state index contributed by atoms with van der Waals surface area (Å²) < 4.78 is 0. The molecular formula is C19H11N3. The minimum absolute atomic E-state index is 0.637. The molecule has 0 fully saturated rings. The number of benzene rings is 2. The van der Waals surface area contributed by atoms with E-state index >= 15 is 0 Å². The molecule has 0 aliphatic heterocycles. The van der Waals surface area contributed by atoms with Gasteiger partial charge in [0.05, 0.1) is 29.0 Å². The van der Waals surface area contributed by atoms with Gasteiger partial charge in [0.25, 0.3) is 0 Å². The zero-order chi connectivity index (χ0) is 15.4. The molecule has 3 nitrogen and oxygen atoms in total. The molecule has 0 radical (unpaired) electrons. The van der Waals surface area contributed by atoms with Crippen molar-refractivity contribution >= 4 is 0 Å². The largest absolute Gasteiger partial charge is 0.256 e. The molecule has 2 aromatic carbocycles. The molecule has 0 saturated heterocycles. The molecular weight excluding hydrogens is 270 g/mol. The van der Waals surface area contributed by atoms with Crippen molar-refractivity contribution in [3.63, 3.8) is 0 Å². The van der Waals surface area contributed by atoms with E-state index in [4.69, 9.17) is 10.5 Å². The molecule has 0 aliphatic rings. The number of nitriles is 2. The van der Waals surface area contributed by atoms with Gasteiger partial charge in [-0.25, -0.2) is 0 Å². The molecule has 0 spiro atoms. The van der Waals surface area contributed by atoms with E-state index in [1.165, 1.54) is 0 Å². The maximum atomic E-state index is 8.82. The first-order valence-corrected chi connectivity index (χ1v) is 6.77. The van der Waals surface area contributed by atoms with Crippen LogP contribution in [0.1, 0.15) is 11.1 Å². The highest BCUT2D eigenvalue weighted by molar-refractivity contribution is 5.67. The highest BCUT2D eigenvalue weighted by Crippen LogP contribution is 2.23. The minimum atomic E-state index is 0.637. The zero-order valence-electron chi connectivity index (χ0n) is 11.7. The van der Waals surface area contributed by atoms with Crippen LogP contribution in [0.4, 0.5) is 0 Å². The second kappa shape index (κ2) is 5.91. The summed E-state index contributed by atoms with van der Waals surface area (Å²) in [5, 5.41) is 17.6. The van der Waals surface area contributed by atoms with E-state index in [1.54, 1.807) is 24.3 Å². The van der Waals surface area contributed by atoms with Crippen molar-refractivity contribution in [3.8, 4) is 34.5 Å². The molecule has 0 unspecified atom stereocenters. The van der Waals surface area contributed by atoms with Crippen LogP contribution < -0.4 is 0 Å². The highest BCUT2D eigenvalue weighted by atomic mass is 14.7. The maximum Gasteiger partial charge on any atom is 0.0991 e. The Kier molecular flexibility index (Phi) is 3.64. The van der Waals surface area contributed by atoms with Crippen molar-refractivity contribution in [2.45, 2.75) is 0 Å². The van der Waals surface area contributed by atoms with Crippen LogP contribution in [0.2, 0.25) is 0 Å². The fraction of sp³-hybridized carbons (Fsp3) is 0. The zero-order valence-corrected chi connectivity index (χ0v) is 11.7. The van der Waals surface area contributed by atoms with Gasteiger partial charge in [-0.1, -0.05) is 30.3 Å². The van der Waals surface area contributed by atoms with E-state index in [9.17, 15) is 0 Å². The number of aromatic nitrogens is 1. The first-order valence-electron chi connectivity index (χ1n) is 6.77. The Hall–Kier alpha value is -3.43. The molecule has 1 heterocycles. The van der Waals surface area contributed by atoms with Crippen molar-refractivity contribution in [2.24, 2.45) is 0 Å². The van der Waals surface area contributed by atoms with Crippen molar-refractivity contribution in [1.29, 1.82) is 10.5 Å². The van der Waals surface area contributed by atoms with Gasteiger partial charge in [-0.15, -0.1) is 0 Å². The molecule has 3 rings (SSSR count). The van der Waals surface area contributed by atoms with Gasteiger partial charge >= 0.3 is 0 Å². The standard InChI is InChI=1S/C19H11N3/c20-11-14-1-5-16(6-2-14)18-9-10-19(22-13-18)17-7-3-15(12-21)4-8-17/h1-10,13H. The lowest BCUT2D eigenvalue weighted by Gasteiger charge is -2.04. The fourth-order valence-corrected chi connectivity index (χ4v) is 2.19. The summed E-state index contributed by atoms with van der Waals surface area (Å²) in [5.74, 6) is 0. The Morgan fingerprint density at radius 3 is 1.55 bits per heavy atom. The van der Waals surface area contributed by atoms with Crippen molar-refractivity contribution in [1.82, 2.24) is 4.98 Å². The third kappa shape index (κ3) is 2.70. The van der Waals surface area contributed by atoms with E-state index in [0.717, 1.165) is 22.4 Å². The smallest absolute Gasteiger partial charge is 0.0991 e. The molecule has 1 aromatic heterocycles. The summed E-state index contributed by atoms with van der Waals surface area (Å²) in [4.78, 5) is 4.48. The number of rotatable bonds is 2. The molecule has 102 valence electrons. The third-order valence-corrected chi connectivity index (χ3v) is 3.42. The van der Waals surface area contributed by atoms with Crippen LogP contribution in [0, 0.1) is 22.7 Å². The summed E-state index contributed by atoms with van der Waals surface area (Å²) in [6.07, 6.45) is 1.81. The predicted molar refractivity (Wildman–Crippen MR) is 84.5 cm³/mol. The molecule has 0 saturated carbocycles. The summed E-state index contributed by atoms with van der Waals surface area (Å²) in [5.41, 5.74) is 5.15. The topological polar surface area (TPSA) is 60.5 Å². The van der Waals surface area contributed by atoms with Crippen LogP contribution in [-0.4, -0.2) is 4.98 Å². The molecule has 0 atom stereocenters. The maximum absolute atomic E-state index is 8.82. The number of pyridine rings is 1. The summed E-state index contributed by atoms with van der Waals surface area (Å²) >= 11 is 0. The lowest BCUT2D eigenvalue weighted by molar-refractivity contribution is 1.32. The molecule has 0 amide bonds. The SMILES string of the molecule is N#Cc1ccc(-c2ccc(-c3ccc(C#N)cc3)nc2)cc1. The average molecular weight is 281 g/mol. The van der Waals surface area contributed by atoms with Gasteiger partial charge in [-0.2, -0.15) is 10.5 Å². The number of nitrogens with zero attached hydrogens (tertiary/aromatic N) is 3. The summed E-state index contributed by atoms with van der Waals surface area (Å²) in [6.45, 7) is 0. The molecule has 22 heavy (non-hydrogen) atoms. The Bertz CT molecular complexity index is 786. The Labute approximate surface area is 128 Å². The molecule has 3 aromatic rings. The summed E-state index contributed by atoms with van der Waals surface area (Å²) in [7, 11) is 0. The average Bonchev–Trinajstić information content (AvgIpc) is 2.62. The normalized spacial score (nSPS) is 9.73. The van der Waals surface area contributed by atoms with Gasteiger partial charge in [0.1, 0.15) is 0 Å². The van der Waals surface area contributed by atoms with E-state index in [2.05, 4.69) is 17.1 Å². The van der Waals surface area contributed by atoms with E-state index in [0.29, 0.717) is 11.1 Å². The van der Waals surface area contributed by atoms with Crippen molar-refractivity contribution in [3.05, 3.63) is 78.0 Å². The van der Waals surface area contributed by atoms with Crippen LogP contribution >= 0.6 is 0 Å². The van der Waals surface area contributed by atoms with Crippen LogP contribution in [-0.2, 0) is 0 Å².